The van der Waals surface area contributed by atoms with E-state index in [0.29, 0.717) is 24.4 Å². The third kappa shape index (κ3) is 3.60. The Hall–Kier alpha value is -3.13. The highest BCUT2D eigenvalue weighted by Crippen LogP contribution is 2.24. The van der Waals surface area contributed by atoms with E-state index in [1.54, 1.807) is 12.4 Å². The Balaban J connectivity index is 1.31. The van der Waals surface area contributed by atoms with Gasteiger partial charge in [-0.2, -0.15) is 0 Å². The van der Waals surface area contributed by atoms with Crippen LogP contribution in [0.25, 0.3) is 16.9 Å². The van der Waals surface area contributed by atoms with E-state index in [1.165, 1.54) is 11.3 Å². The zero-order chi connectivity index (χ0) is 17.8. The summed E-state index contributed by atoms with van der Waals surface area (Å²) in [4.78, 5) is 20.7. The van der Waals surface area contributed by atoms with E-state index in [-0.39, 0.29) is 5.91 Å². The molecule has 1 N–H and O–H groups in total. The molecule has 0 radical (unpaired) electrons. The van der Waals surface area contributed by atoms with Crippen LogP contribution in [0.15, 0.2) is 54.3 Å². The molecule has 4 rings (SSSR count). The maximum atomic E-state index is 12.2. The Morgan fingerprint density at radius 3 is 3.04 bits per heavy atom. The number of anilines is 1. The summed E-state index contributed by atoms with van der Waals surface area (Å²) in [6, 6.07) is 9.58. The van der Waals surface area contributed by atoms with Gasteiger partial charge in [-0.05, 0) is 30.7 Å². The first kappa shape index (κ1) is 16.3. The van der Waals surface area contributed by atoms with E-state index < -0.39 is 0 Å². The normalized spacial score (nSPS) is 10.9. The summed E-state index contributed by atoms with van der Waals surface area (Å²) in [6.07, 6.45) is 7.20. The van der Waals surface area contributed by atoms with E-state index in [0.717, 1.165) is 22.7 Å². The molecule has 1 amide bonds. The Morgan fingerprint density at radius 2 is 2.15 bits per heavy atom. The fraction of sp³-hybridized carbons (Fsp3) is 0.167. The van der Waals surface area contributed by atoms with E-state index in [1.807, 2.05) is 46.3 Å². The Kier molecular flexibility index (Phi) is 4.65. The number of thiazole rings is 1. The molecule has 26 heavy (non-hydrogen) atoms. The monoisotopic (exact) mass is 364 g/mol. The fourth-order valence-corrected chi connectivity index (χ4v) is 3.36. The molecule has 0 unspecified atom stereocenters. The molecule has 0 spiro atoms. The van der Waals surface area contributed by atoms with Crippen LogP contribution < -0.4 is 5.32 Å². The van der Waals surface area contributed by atoms with Crippen molar-refractivity contribution in [3.8, 4) is 11.3 Å². The molecule has 0 bridgehead atoms. The van der Waals surface area contributed by atoms with Gasteiger partial charge >= 0.3 is 0 Å². The van der Waals surface area contributed by atoms with E-state index >= 15 is 0 Å². The second kappa shape index (κ2) is 7.40. The van der Waals surface area contributed by atoms with Crippen LogP contribution in [0, 0.1) is 0 Å². The first-order valence-corrected chi connectivity index (χ1v) is 9.12. The first-order chi connectivity index (χ1) is 12.8. The summed E-state index contributed by atoms with van der Waals surface area (Å²) in [5.74, 6) is 0.812. The molecule has 0 aromatic carbocycles. The van der Waals surface area contributed by atoms with E-state index in [4.69, 9.17) is 0 Å². The summed E-state index contributed by atoms with van der Waals surface area (Å²) < 4.78 is 1.94. The lowest BCUT2D eigenvalue weighted by molar-refractivity contribution is -0.116. The molecular formula is C18H16N6OS. The molecule has 0 aliphatic carbocycles. The number of fused-ring (bicyclic) bond motifs is 1. The average Bonchev–Trinajstić information content (AvgIpc) is 3.30. The molecule has 0 atom stereocenters. The molecule has 0 fully saturated rings. The molecule has 0 aliphatic heterocycles. The Labute approximate surface area is 153 Å². The Morgan fingerprint density at radius 1 is 1.19 bits per heavy atom. The van der Waals surface area contributed by atoms with Crippen molar-refractivity contribution in [1.82, 2.24) is 24.6 Å². The van der Waals surface area contributed by atoms with Gasteiger partial charge in [0.15, 0.2) is 10.8 Å². The number of aromatic nitrogens is 5. The summed E-state index contributed by atoms with van der Waals surface area (Å²) in [5.41, 5.74) is 2.56. The predicted molar refractivity (Wildman–Crippen MR) is 99.9 cm³/mol. The lowest BCUT2D eigenvalue weighted by Gasteiger charge is -2.02. The molecule has 130 valence electrons. The number of aryl methyl sites for hydroxylation is 1. The van der Waals surface area contributed by atoms with Gasteiger partial charge in [0.1, 0.15) is 5.82 Å². The van der Waals surface area contributed by atoms with Gasteiger partial charge in [0.2, 0.25) is 5.91 Å². The van der Waals surface area contributed by atoms with Crippen LogP contribution in [0.4, 0.5) is 5.13 Å². The van der Waals surface area contributed by atoms with E-state index in [2.05, 4.69) is 25.5 Å². The first-order valence-electron chi connectivity index (χ1n) is 8.24. The summed E-state index contributed by atoms with van der Waals surface area (Å²) >= 11 is 1.41. The van der Waals surface area contributed by atoms with Crippen molar-refractivity contribution in [3.63, 3.8) is 0 Å². The minimum absolute atomic E-state index is 0.0501. The number of nitrogens with zero attached hydrogens (tertiary/aromatic N) is 5. The minimum atomic E-state index is -0.0501. The number of amides is 1. The van der Waals surface area contributed by atoms with Gasteiger partial charge < -0.3 is 5.32 Å². The maximum absolute atomic E-state index is 12.2. The van der Waals surface area contributed by atoms with Crippen molar-refractivity contribution in [1.29, 1.82) is 0 Å². The van der Waals surface area contributed by atoms with Crippen LogP contribution in [0.1, 0.15) is 18.7 Å². The smallest absolute Gasteiger partial charge is 0.226 e. The number of hydrogen-bond acceptors (Lipinski definition) is 6. The van der Waals surface area contributed by atoms with E-state index in [9.17, 15) is 4.79 Å². The SMILES string of the molecule is O=C(CCCc1nnc2ccccn12)Nc1nc(-c2cccnc2)cs1. The molecule has 0 saturated carbocycles. The summed E-state index contributed by atoms with van der Waals surface area (Å²) in [5, 5.41) is 13.7. The van der Waals surface area contributed by atoms with Gasteiger partial charge in [-0.3, -0.25) is 14.2 Å². The molecular weight excluding hydrogens is 348 g/mol. The quantitative estimate of drug-likeness (QED) is 0.568. The fourth-order valence-electron chi connectivity index (χ4n) is 2.63. The Bertz CT molecular complexity index is 1030. The average molecular weight is 364 g/mol. The minimum Gasteiger partial charge on any atom is -0.302 e. The maximum Gasteiger partial charge on any atom is 0.226 e. The largest absolute Gasteiger partial charge is 0.302 e. The van der Waals surface area contributed by atoms with Crippen LogP contribution in [-0.2, 0) is 11.2 Å². The standard InChI is InChI=1S/C18H16N6OS/c25-17(8-3-7-16-23-22-15-6-1-2-10-24(15)16)21-18-20-14(12-26-18)13-5-4-9-19-11-13/h1-2,4-6,9-12H,3,7-8H2,(H,20,21,25). The number of pyridine rings is 2. The number of carbonyl (C=O) groups is 1. The van der Waals surface area contributed by atoms with Crippen molar-refractivity contribution in [2.24, 2.45) is 0 Å². The van der Waals surface area contributed by atoms with Crippen molar-refractivity contribution in [2.75, 3.05) is 5.32 Å². The molecule has 8 heteroatoms. The van der Waals surface area contributed by atoms with Crippen LogP contribution in [0.5, 0.6) is 0 Å². The highest BCUT2D eigenvalue weighted by Gasteiger charge is 2.10. The zero-order valence-electron chi connectivity index (χ0n) is 13.9. The second-order valence-corrected chi connectivity index (χ2v) is 6.58. The zero-order valence-corrected chi connectivity index (χ0v) is 14.7. The van der Waals surface area contributed by atoms with Gasteiger partial charge in [0.25, 0.3) is 0 Å². The number of carbonyl (C=O) groups excluding carboxylic acids is 1. The van der Waals surface area contributed by atoms with Gasteiger partial charge in [-0.1, -0.05) is 6.07 Å². The van der Waals surface area contributed by atoms with Gasteiger partial charge in [-0.15, -0.1) is 21.5 Å². The predicted octanol–water partition coefficient (Wildman–Crippen LogP) is 3.21. The number of rotatable bonds is 6. The van der Waals surface area contributed by atoms with Crippen molar-refractivity contribution in [2.45, 2.75) is 19.3 Å². The number of nitrogens with one attached hydrogen (secondary N) is 1. The van der Waals surface area contributed by atoms with Gasteiger partial charge in [0, 0.05) is 42.4 Å². The molecule has 0 aliphatic rings. The number of hydrogen-bond donors (Lipinski definition) is 1. The second-order valence-electron chi connectivity index (χ2n) is 5.73. The highest BCUT2D eigenvalue weighted by molar-refractivity contribution is 7.14. The molecule has 4 heterocycles. The third-order valence-corrected chi connectivity index (χ3v) is 4.65. The van der Waals surface area contributed by atoms with Crippen molar-refractivity contribution in [3.05, 3.63) is 60.1 Å². The lowest BCUT2D eigenvalue weighted by Crippen LogP contribution is -2.11. The topological polar surface area (TPSA) is 85.1 Å². The van der Waals surface area contributed by atoms with Gasteiger partial charge in [-0.25, -0.2) is 4.98 Å². The molecule has 7 nitrogen and oxygen atoms in total. The van der Waals surface area contributed by atoms with Gasteiger partial charge in [0.05, 0.1) is 5.69 Å². The molecule has 0 saturated heterocycles. The van der Waals surface area contributed by atoms with Crippen LogP contribution in [0.2, 0.25) is 0 Å². The molecule has 4 aromatic rings. The summed E-state index contributed by atoms with van der Waals surface area (Å²) in [7, 11) is 0. The summed E-state index contributed by atoms with van der Waals surface area (Å²) in [6.45, 7) is 0. The van der Waals surface area contributed by atoms with Crippen LogP contribution in [-0.4, -0.2) is 30.5 Å². The van der Waals surface area contributed by atoms with Crippen molar-refractivity contribution >= 4 is 28.0 Å². The molecule has 4 aromatic heterocycles. The van der Waals surface area contributed by atoms with Crippen molar-refractivity contribution < 1.29 is 4.79 Å². The van der Waals surface area contributed by atoms with Crippen LogP contribution in [0.3, 0.4) is 0 Å². The third-order valence-electron chi connectivity index (χ3n) is 3.90. The lowest BCUT2D eigenvalue weighted by atomic mass is 10.2. The van der Waals surface area contributed by atoms with Crippen LogP contribution >= 0.6 is 11.3 Å². The highest BCUT2D eigenvalue weighted by atomic mass is 32.1.